The molecule has 282 valence electrons. The van der Waals surface area contributed by atoms with Gasteiger partial charge in [0.1, 0.15) is 12.1 Å². The monoisotopic (exact) mass is 721 g/mol. The Labute approximate surface area is 303 Å². The summed E-state index contributed by atoms with van der Waals surface area (Å²) in [6.07, 6.45) is 5.10. The van der Waals surface area contributed by atoms with Gasteiger partial charge in [-0.25, -0.2) is 4.79 Å². The number of amides is 6. The summed E-state index contributed by atoms with van der Waals surface area (Å²) in [4.78, 5) is 90.4. The van der Waals surface area contributed by atoms with Crippen LogP contribution in [-0.2, 0) is 46.0 Å². The average molecular weight is 722 g/mol. The normalized spacial score (nSPS) is 15.3. The molecule has 0 fully saturated rings. The number of carbonyl (C=O) groups excluding carboxylic acids is 6. The number of hydrogen-bond donors (Lipinski definition) is 5. The Morgan fingerprint density at radius 2 is 1.58 bits per heavy atom. The number of imide groups is 1. The van der Waals surface area contributed by atoms with Crippen molar-refractivity contribution in [1.29, 1.82) is 0 Å². The zero-order valence-electron chi connectivity index (χ0n) is 31.3. The summed E-state index contributed by atoms with van der Waals surface area (Å²) < 4.78 is 2.02. The topological polar surface area (TPSA) is 199 Å². The van der Waals surface area contributed by atoms with Crippen LogP contribution in [0.1, 0.15) is 53.5 Å². The summed E-state index contributed by atoms with van der Waals surface area (Å²) in [6.45, 7) is 10.7. The van der Waals surface area contributed by atoms with E-state index in [4.69, 9.17) is 0 Å². The molecule has 15 nitrogen and oxygen atoms in total. The lowest BCUT2D eigenvalue weighted by molar-refractivity contribution is -0.143. The van der Waals surface area contributed by atoms with Gasteiger partial charge in [0, 0.05) is 74.0 Å². The second kappa shape index (κ2) is 16.8. The van der Waals surface area contributed by atoms with Gasteiger partial charge < -0.3 is 35.8 Å². The Balaban J connectivity index is 1.64. The minimum absolute atomic E-state index is 0.0293. The standard InChI is InChI=1S/C37H51N7O8/c1-22(32(48)40-25(35(51)52)20-27(45)39-17-19-44-28(46)14-15-29(44)47)16-18-42(8)34(50)31(36(2,3)4)41-33(49)30(38-7)37(5,6)24-21-43(9)26-13-11-10-12-23(24)26/h10-16,21,25,30-31,38H,17-20H2,1-9H3,(H,39,45)(H,40,48)(H,41,49)(H,51,52)/b22-16+/t25-,30-,31?/m1/s1. The molecule has 5 N–H and O–H groups in total. The first-order valence-corrected chi connectivity index (χ1v) is 17.0. The number of hydrogen-bond acceptors (Lipinski definition) is 8. The Hall–Kier alpha value is -5.31. The molecular formula is C37H51N7O8. The van der Waals surface area contributed by atoms with Crippen LogP contribution in [0.4, 0.5) is 0 Å². The van der Waals surface area contributed by atoms with Crippen LogP contribution >= 0.6 is 0 Å². The number of likely N-dealkylation sites (N-methyl/N-ethyl adjacent to an activating group) is 2. The summed E-state index contributed by atoms with van der Waals surface area (Å²) in [7, 11) is 5.20. The first-order chi connectivity index (χ1) is 24.2. The molecule has 1 aromatic carbocycles. The molecule has 2 heterocycles. The van der Waals surface area contributed by atoms with E-state index in [0.717, 1.165) is 33.5 Å². The predicted octanol–water partition coefficient (Wildman–Crippen LogP) is 0.980. The van der Waals surface area contributed by atoms with Gasteiger partial charge in [0.25, 0.3) is 11.8 Å². The summed E-state index contributed by atoms with van der Waals surface area (Å²) in [5, 5.41) is 21.5. The molecule has 1 unspecified atom stereocenters. The number of carbonyl (C=O) groups is 7. The molecule has 3 atom stereocenters. The fraction of sp³-hybridized carbons (Fsp3) is 0.486. The molecule has 52 heavy (non-hydrogen) atoms. The second-order valence-corrected chi connectivity index (χ2v) is 14.6. The van der Waals surface area contributed by atoms with Crippen LogP contribution in [0, 0.1) is 5.41 Å². The van der Waals surface area contributed by atoms with Crippen LogP contribution in [0.5, 0.6) is 0 Å². The number of benzene rings is 1. The number of para-hydroxylation sites is 1. The average Bonchev–Trinajstić information content (AvgIpc) is 3.58. The highest BCUT2D eigenvalue weighted by molar-refractivity contribution is 6.12. The quantitative estimate of drug-likeness (QED) is 0.124. The highest BCUT2D eigenvalue weighted by Crippen LogP contribution is 2.35. The van der Waals surface area contributed by atoms with Crippen molar-refractivity contribution in [1.82, 2.24) is 35.6 Å². The lowest BCUT2D eigenvalue weighted by Gasteiger charge is -2.38. The molecule has 1 aromatic heterocycles. The van der Waals surface area contributed by atoms with Crippen LogP contribution in [0.25, 0.3) is 10.9 Å². The molecule has 3 rings (SSSR count). The minimum Gasteiger partial charge on any atom is -0.480 e. The maximum Gasteiger partial charge on any atom is 0.326 e. The van der Waals surface area contributed by atoms with Crippen LogP contribution in [-0.4, -0.2) is 113 Å². The van der Waals surface area contributed by atoms with Crippen molar-refractivity contribution in [2.24, 2.45) is 12.5 Å². The van der Waals surface area contributed by atoms with Gasteiger partial charge in [0.15, 0.2) is 0 Å². The van der Waals surface area contributed by atoms with Crippen molar-refractivity contribution in [3.8, 4) is 0 Å². The van der Waals surface area contributed by atoms with Gasteiger partial charge >= 0.3 is 5.97 Å². The number of nitrogens with zero attached hydrogens (tertiary/aromatic N) is 3. The van der Waals surface area contributed by atoms with E-state index in [0.29, 0.717) is 0 Å². The highest BCUT2D eigenvalue weighted by Gasteiger charge is 2.41. The maximum atomic E-state index is 13.9. The molecule has 0 aliphatic carbocycles. The van der Waals surface area contributed by atoms with Crippen molar-refractivity contribution in [3.63, 3.8) is 0 Å². The zero-order chi connectivity index (χ0) is 39.1. The third-order valence-corrected chi connectivity index (χ3v) is 9.22. The number of rotatable bonds is 16. The van der Waals surface area contributed by atoms with Gasteiger partial charge in [-0.3, -0.25) is 33.7 Å². The fourth-order valence-electron chi connectivity index (χ4n) is 6.07. The van der Waals surface area contributed by atoms with Crippen LogP contribution in [0.15, 0.2) is 54.3 Å². The van der Waals surface area contributed by atoms with Gasteiger partial charge in [0.05, 0.1) is 12.5 Å². The molecule has 0 saturated carbocycles. The molecule has 0 radical (unpaired) electrons. The first kappa shape index (κ1) is 41.1. The van der Waals surface area contributed by atoms with E-state index in [1.807, 2.05) is 76.7 Å². The van der Waals surface area contributed by atoms with Gasteiger partial charge in [-0.2, -0.15) is 0 Å². The van der Waals surface area contributed by atoms with Crippen molar-refractivity contribution in [2.45, 2.75) is 71.5 Å². The largest absolute Gasteiger partial charge is 0.480 e. The molecule has 0 bridgehead atoms. The fourth-order valence-corrected chi connectivity index (χ4v) is 6.07. The van der Waals surface area contributed by atoms with Crippen LogP contribution in [0.2, 0.25) is 0 Å². The van der Waals surface area contributed by atoms with E-state index in [1.165, 1.54) is 24.9 Å². The Morgan fingerprint density at radius 3 is 2.15 bits per heavy atom. The molecule has 1 aliphatic rings. The third-order valence-electron chi connectivity index (χ3n) is 9.22. The number of aromatic nitrogens is 1. The summed E-state index contributed by atoms with van der Waals surface area (Å²) >= 11 is 0. The Bertz CT molecular complexity index is 1770. The van der Waals surface area contributed by atoms with Gasteiger partial charge in [-0.1, -0.05) is 58.9 Å². The molecule has 6 amide bonds. The van der Waals surface area contributed by atoms with Gasteiger partial charge in [0.2, 0.25) is 23.6 Å². The number of carboxylic acid groups (broad SMARTS) is 1. The number of nitrogens with one attached hydrogen (secondary N) is 4. The minimum atomic E-state index is -1.56. The Morgan fingerprint density at radius 1 is 0.962 bits per heavy atom. The number of aliphatic carboxylic acids is 1. The summed E-state index contributed by atoms with van der Waals surface area (Å²) in [5.74, 6) is -4.67. The summed E-state index contributed by atoms with van der Waals surface area (Å²) in [5.41, 5.74) is 0.752. The maximum absolute atomic E-state index is 13.9. The molecule has 2 aromatic rings. The zero-order valence-corrected chi connectivity index (χ0v) is 31.3. The van der Waals surface area contributed by atoms with E-state index in [-0.39, 0.29) is 31.1 Å². The number of fused-ring (bicyclic) bond motifs is 1. The molecular weight excluding hydrogens is 670 g/mol. The van der Waals surface area contributed by atoms with Crippen molar-refractivity contribution in [2.75, 3.05) is 33.7 Å². The van der Waals surface area contributed by atoms with Crippen LogP contribution < -0.4 is 21.3 Å². The highest BCUT2D eigenvalue weighted by atomic mass is 16.4. The van der Waals surface area contributed by atoms with Crippen molar-refractivity contribution < 1.29 is 38.7 Å². The predicted molar refractivity (Wildman–Crippen MR) is 195 cm³/mol. The Kier molecular flexibility index (Phi) is 13.3. The molecule has 0 spiro atoms. The van der Waals surface area contributed by atoms with Crippen molar-refractivity contribution in [3.05, 3.63) is 59.8 Å². The molecule has 15 heteroatoms. The van der Waals surface area contributed by atoms with Crippen LogP contribution in [0.3, 0.4) is 0 Å². The van der Waals surface area contributed by atoms with E-state index >= 15 is 0 Å². The summed E-state index contributed by atoms with van der Waals surface area (Å²) in [6, 6.07) is 4.76. The van der Waals surface area contributed by atoms with E-state index in [2.05, 4.69) is 21.3 Å². The smallest absolute Gasteiger partial charge is 0.326 e. The van der Waals surface area contributed by atoms with E-state index < -0.39 is 70.9 Å². The van der Waals surface area contributed by atoms with E-state index in [1.54, 1.807) is 7.05 Å². The first-order valence-electron chi connectivity index (χ1n) is 17.0. The molecule has 0 saturated heterocycles. The third kappa shape index (κ3) is 9.72. The lowest BCUT2D eigenvalue weighted by atomic mass is 9.76. The second-order valence-electron chi connectivity index (χ2n) is 14.6. The number of carboxylic acids is 1. The van der Waals surface area contributed by atoms with Gasteiger partial charge in [-0.15, -0.1) is 0 Å². The van der Waals surface area contributed by atoms with Crippen molar-refractivity contribution >= 4 is 52.3 Å². The van der Waals surface area contributed by atoms with Gasteiger partial charge in [-0.05, 0) is 31.0 Å². The number of aryl methyl sites for hydroxylation is 1. The molecule has 1 aliphatic heterocycles. The van der Waals surface area contributed by atoms with E-state index in [9.17, 15) is 38.7 Å². The SMILES string of the molecule is CN[C@H](C(=O)NC(C(=O)N(C)C/C=C(\C)C(=O)N[C@H](CC(=O)NCCN1C(=O)C=CC1=O)C(=O)O)C(C)(C)C)C(C)(C)c1cn(C)c2ccccc12. The lowest BCUT2D eigenvalue weighted by Crippen LogP contribution is -2.60.